The molecule has 1 N–H and O–H groups in total. The smallest absolute Gasteiger partial charge is 0.310 e. The Balaban J connectivity index is 2.93. The topological polar surface area (TPSA) is 89.3 Å². The molecule has 0 atom stereocenters. The van der Waals surface area contributed by atoms with Crippen LogP contribution in [0.1, 0.15) is 13.8 Å². The first-order valence-corrected chi connectivity index (χ1v) is 6.48. The summed E-state index contributed by atoms with van der Waals surface area (Å²) in [4.78, 5) is 11.0. The molecule has 0 saturated carbocycles. The van der Waals surface area contributed by atoms with Crippen molar-refractivity contribution in [3.05, 3.63) is 12.4 Å². The summed E-state index contributed by atoms with van der Waals surface area (Å²) < 4.78 is 23.7. The van der Waals surface area contributed by atoms with Crippen LogP contribution in [0.4, 0.5) is 0 Å². The lowest BCUT2D eigenvalue weighted by Crippen LogP contribution is -2.29. The van der Waals surface area contributed by atoms with E-state index in [4.69, 9.17) is 5.11 Å². The molecule has 0 spiro atoms. The molecule has 6 nitrogen and oxygen atoms in total. The highest BCUT2D eigenvalue weighted by atomic mass is 32.2. The molecule has 0 radical (unpaired) electrons. The minimum absolute atomic E-state index is 0.0914. The molecule has 1 aromatic heterocycles. The maximum Gasteiger partial charge on any atom is 0.310 e. The summed E-state index contributed by atoms with van der Waals surface area (Å²) in [5, 5.41) is 12.7. The number of aromatic nitrogens is 2. The zero-order valence-corrected chi connectivity index (χ0v) is 10.2. The fourth-order valence-electron chi connectivity index (χ4n) is 1.10. The number of hydrogen-bond donors (Lipinski definition) is 1. The van der Waals surface area contributed by atoms with Crippen molar-refractivity contribution in [2.24, 2.45) is 5.41 Å². The summed E-state index contributed by atoms with van der Waals surface area (Å²) in [6.45, 7) is 3.23. The minimum Gasteiger partial charge on any atom is -0.481 e. The largest absolute Gasteiger partial charge is 0.481 e. The second-order valence-electron chi connectivity index (χ2n) is 4.33. The average molecular weight is 246 g/mol. The monoisotopic (exact) mass is 246 g/mol. The molecular formula is C9H14N2O4S. The quantitative estimate of drug-likeness (QED) is 0.830. The van der Waals surface area contributed by atoms with Gasteiger partial charge in [-0.05, 0) is 13.8 Å². The first-order valence-electron chi connectivity index (χ1n) is 4.59. The Morgan fingerprint density at radius 2 is 2.12 bits per heavy atom. The zero-order valence-electron chi connectivity index (χ0n) is 9.34. The Bertz CT molecular complexity index is 501. The van der Waals surface area contributed by atoms with E-state index in [9.17, 15) is 13.2 Å². The minimum atomic E-state index is -3.29. The molecule has 1 aromatic rings. The van der Waals surface area contributed by atoms with E-state index in [1.165, 1.54) is 17.1 Å². The Morgan fingerprint density at radius 1 is 1.56 bits per heavy atom. The number of hydrogen-bond acceptors (Lipinski definition) is 4. The van der Waals surface area contributed by atoms with Gasteiger partial charge in [0.2, 0.25) is 0 Å². The van der Waals surface area contributed by atoms with Crippen LogP contribution in [0.25, 0.3) is 0 Å². The number of sulfone groups is 1. The van der Waals surface area contributed by atoms with Crippen molar-refractivity contribution in [3.8, 4) is 0 Å². The number of carboxylic acids is 1. The van der Waals surface area contributed by atoms with E-state index in [0.29, 0.717) is 0 Å². The van der Waals surface area contributed by atoms with Crippen molar-refractivity contribution in [1.82, 2.24) is 9.78 Å². The van der Waals surface area contributed by atoms with Crippen LogP contribution in [-0.4, -0.2) is 35.5 Å². The highest BCUT2D eigenvalue weighted by Crippen LogP contribution is 2.18. The summed E-state index contributed by atoms with van der Waals surface area (Å²) in [7, 11) is -3.29. The Kier molecular flexibility index (Phi) is 3.09. The molecule has 0 fully saturated rings. The van der Waals surface area contributed by atoms with Gasteiger partial charge in [-0.1, -0.05) is 0 Å². The summed E-state index contributed by atoms with van der Waals surface area (Å²) in [6.07, 6.45) is 3.63. The average Bonchev–Trinajstić information content (AvgIpc) is 2.50. The van der Waals surface area contributed by atoms with Gasteiger partial charge in [0.15, 0.2) is 9.84 Å². The van der Waals surface area contributed by atoms with Gasteiger partial charge in [-0.2, -0.15) is 5.10 Å². The van der Waals surface area contributed by atoms with Gasteiger partial charge in [0, 0.05) is 12.5 Å². The van der Waals surface area contributed by atoms with Gasteiger partial charge in [0.05, 0.1) is 18.2 Å². The second kappa shape index (κ2) is 3.89. The summed E-state index contributed by atoms with van der Waals surface area (Å²) in [6, 6.07) is 0. The van der Waals surface area contributed by atoms with Gasteiger partial charge in [-0.3, -0.25) is 9.48 Å². The third-order valence-corrected chi connectivity index (χ3v) is 3.24. The van der Waals surface area contributed by atoms with Gasteiger partial charge in [0.1, 0.15) is 4.90 Å². The van der Waals surface area contributed by atoms with E-state index in [1.807, 2.05) is 0 Å². The third-order valence-electron chi connectivity index (χ3n) is 2.17. The number of rotatable bonds is 4. The zero-order chi connectivity index (χ0) is 12.6. The van der Waals surface area contributed by atoms with Crippen molar-refractivity contribution >= 4 is 15.8 Å². The predicted molar refractivity (Wildman–Crippen MR) is 56.8 cm³/mol. The molecule has 16 heavy (non-hydrogen) atoms. The van der Waals surface area contributed by atoms with Crippen molar-refractivity contribution < 1.29 is 18.3 Å². The molecule has 90 valence electrons. The van der Waals surface area contributed by atoms with Gasteiger partial charge in [-0.25, -0.2) is 8.42 Å². The summed E-state index contributed by atoms with van der Waals surface area (Å²) >= 11 is 0. The SMILES string of the molecule is CC(C)(Cn1cc(S(C)(=O)=O)cn1)C(=O)O. The molecule has 0 amide bonds. The van der Waals surface area contributed by atoms with E-state index in [0.717, 1.165) is 6.26 Å². The van der Waals surface area contributed by atoms with Crippen molar-refractivity contribution in [1.29, 1.82) is 0 Å². The van der Waals surface area contributed by atoms with E-state index in [1.54, 1.807) is 13.8 Å². The highest BCUT2D eigenvalue weighted by molar-refractivity contribution is 7.90. The van der Waals surface area contributed by atoms with Crippen molar-refractivity contribution in [2.45, 2.75) is 25.3 Å². The Labute approximate surface area is 93.8 Å². The van der Waals surface area contributed by atoms with Crippen LogP contribution >= 0.6 is 0 Å². The molecular weight excluding hydrogens is 232 g/mol. The first-order chi connectivity index (χ1) is 7.13. The van der Waals surface area contributed by atoms with E-state index in [2.05, 4.69) is 5.10 Å². The second-order valence-corrected chi connectivity index (χ2v) is 6.35. The molecule has 7 heteroatoms. The maximum absolute atomic E-state index is 11.2. The van der Waals surface area contributed by atoms with Crippen LogP contribution in [0.5, 0.6) is 0 Å². The predicted octanol–water partition coefficient (Wildman–Crippen LogP) is 0.397. The molecule has 0 saturated heterocycles. The molecule has 1 heterocycles. The fourth-order valence-corrected chi connectivity index (χ4v) is 1.65. The Morgan fingerprint density at radius 3 is 2.50 bits per heavy atom. The molecule has 0 aliphatic rings. The summed E-state index contributed by atoms with van der Waals surface area (Å²) in [5.41, 5.74) is -0.985. The summed E-state index contributed by atoms with van der Waals surface area (Å²) in [5.74, 6) is -0.955. The van der Waals surface area contributed by atoms with Crippen LogP contribution in [0.2, 0.25) is 0 Å². The lowest BCUT2D eigenvalue weighted by atomic mass is 9.94. The van der Waals surface area contributed by atoms with E-state index >= 15 is 0 Å². The number of carboxylic acid groups (broad SMARTS) is 1. The maximum atomic E-state index is 11.2. The Hall–Kier alpha value is -1.37. The van der Waals surface area contributed by atoms with Crippen molar-refractivity contribution in [2.75, 3.05) is 6.26 Å². The molecule has 0 aromatic carbocycles. The van der Waals surface area contributed by atoms with E-state index in [-0.39, 0.29) is 11.4 Å². The van der Waals surface area contributed by atoms with Gasteiger partial charge in [0.25, 0.3) is 0 Å². The number of nitrogens with zero attached hydrogens (tertiary/aromatic N) is 2. The molecule has 0 aliphatic heterocycles. The number of aliphatic carboxylic acids is 1. The highest BCUT2D eigenvalue weighted by Gasteiger charge is 2.28. The lowest BCUT2D eigenvalue weighted by molar-refractivity contribution is -0.147. The van der Waals surface area contributed by atoms with Gasteiger partial charge < -0.3 is 5.11 Å². The third kappa shape index (κ3) is 2.82. The molecule has 1 rings (SSSR count). The first kappa shape index (κ1) is 12.7. The van der Waals surface area contributed by atoms with Crippen LogP contribution in [0, 0.1) is 5.41 Å². The molecule has 0 bridgehead atoms. The van der Waals surface area contributed by atoms with Crippen LogP contribution < -0.4 is 0 Å². The molecule has 0 unspecified atom stereocenters. The number of carbonyl (C=O) groups is 1. The van der Waals surface area contributed by atoms with E-state index < -0.39 is 21.2 Å². The normalized spacial score (nSPS) is 12.7. The molecule has 0 aliphatic carbocycles. The van der Waals surface area contributed by atoms with Gasteiger partial charge >= 0.3 is 5.97 Å². The van der Waals surface area contributed by atoms with Crippen molar-refractivity contribution in [3.63, 3.8) is 0 Å². The van der Waals surface area contributed by atoms with Crippen LogP contribution in [0.15, 0.2) is 17.3 Å². The van der Waals surface area contributed by atoms with Crippen LogP contribution in [-0.2, 0) is 21.2 Å². The van der Waals surface area contributed by atoms with Gasteiger partial charge in [-0.15, -0.1) is 0 Å². The fraction of sp³-hybridized carbons (Fsp3) is 0.556. The van der Waals surface area contributed by atoms with Crippen LogP contribution in [0.3, 0.4) is 0 Å². The lowest BCUT2D eigenvalue weighted by Gasteiger charge is -2.18. The standard InChI is InChI=1S/C9H14N2O4S/c1-9(2,8(12)13)6-11-5-7(4-10-11)16(3,14)15/h4-5H,6H2,1-3H3,(H,12,13).